The van der Waals surface area contributed by atoms with Crippen LogP contribution in [-0.2, 0) is 0 Å². The van der Waals surface area contributed by atoms with Crippen molar-refractivity contribution in [1.29, 1.82) is 0 Å². The number of hydrogen-bond acceptors (Lipinski definition) is 5. The van der Waals surface area contributed by atoms with Crippen LogP contribution in [-0.4, -0.2) is 41.9 Å². The Kier molecular flexibility index (Phi) is 4.28. The maximum Gasteiger partial charge on any atom is 0.243 e. The zero-order valence-corrected chi connectivity index (χ0v) is 14.5. The molecule has 1 atom stereocenters. The zero-order valence-electron chi connectivity index (χ0n) is 14.5. The molecule has 6 nitrogen and oxygen atoms in total. The maximum atomic E-state index is 5.56. The van der Waals surface area contributed by atoms with E-state index in [0.717, 1.165) is 42.0 Å². The van der Waals surface area contributed by atoms with Crippen molar-refractivity contribution in [2.24, 2.45) is 0 Å². The molecule has 25 heavy (non-hydrogen) atoms. The van der Waals surface area contributed by atoms with E-state index in [4.69, 9.17) is 14.6 Å². The molecule has 1 unspecified atom stereocenters. The van der Waals surface area contributed by atoms with Gasteiger partial charge in [-0.15, -0.1) is 5.10 Å². The highest BCUT2D eigenvalue weighted by molar-refractivity contribution is 5.82. The molecule has 2 aromatic heterocycles. The van der Waals surface area contributed by atoms with Gasteiger partial charge >= 0.3 is 0 Å². The largest absolute Gasteiger partial charge is 0.497 e. The minimum Gasteiger partial charge on any atom is -0.497 e. The molecule has 0 bridgehead atoms. The van der Waals surface area contributed by atoms with Gasteiger partial charge < -0.3 is 14.8 Å². The lowest BCUT2D eigenvalue weighted by atomic mass is 9.96. The van der Waals surface area contributed by atoms with Crippen molar-refractivity contribution < 1.29 is 9.47 Å². The normalized spacial score (nSPS) is 17.6. The molecular formula is C19H22N4O2. The third-order valence-electron chi connectivity index (χ3n) is 4.80. The van der Waals surface area contributed by atoms with Gasteiger partial charge in [-0.3, -0.25) is 0 Å². The fraction of sp³-hybridized carbons (Fsp3) is 0.368. The van der Waals surface area contributed by atoms with Gasteiger partial charge in [-0.05, 0) is 43.1 Å². The first-order chi connectivity index (χ1) is 12.3. The molecule has 0 saturated carbocycles. The minimum atomic E-state index is 0.438. The standard InChI is InChI=1S/C19H22N4O2/c1-24-15-7-5-13(6-8-15)17-18-21-11-9-16(14-4-3-10-20-12-14)23(18)22-19(17)25-2/h5-9,11,14,20H,3-4,10,12H2,1-2H3. The molecule has 130 valence electrons. The number of nitrogens with one attached hydrogen (secondary N) is 1. The van der Waals surface area contributed by atoms with Crippen molar-refractivity contribution in [3.63, 3.8) is 0 Å². The molecule has 3 heterocycles. The highest BCUT2D eigenvalue weighted by Crippen LogP contribution is 2.35. The van der Waals surface area contributed by atoms with Crippen LogP contribution in [0.4, 0.5) is 0 Å². The Morgan fingerprint density at radius 2 is 1.96 bits per heavy atom. The molecule has 4 rings (SSSR count). The predicted molar refractivity (Wildman–Crippen MR) is 96.4 cm³/mol. The van der Waals surface area contributed by atoms with E-state index in [0.29, 0.717) is 11.8 Å². The first kappa shape index (κ1) is 15.9. The van der Waals surface area contributed by atoms with E-state index < -0.39 is 0 Å². The van der Waals surface area contributed by atoms with Crippen LogP contribution in [0.2, 0.25) is 0 Å². The Bertz CT molecular complexity index is 867. The van der Waals surface area contributed by atoms with Crippen LogP contribution >= 0.6 is 0 Å². The second-order valence-corrected chi connectivity index (χ2v) is 6.26. The van der Waals surface area contributed by atoms with E-state index in [9.17, 15) is 0 Å². The Balaban J connectivity index is 1.86. The van der Waals surface area contributed by atoms with Crippen molar-refractivity contribution in [1.82, 2.24) is 19.9 Å². The van der Waals surface area contributed by atoms with E-state index in [-0.39, 0.29) is 0 Å². The summed E-state index contributed by atoms with van der Waals surface area (Å²) in [6.45, 7) is 2.06. The van der Waals surface area contributed by atoms with E-state index in [1.165, 1.54) is 12.1 Å². The van der Waals surface area contributed by atoms with Crippen LogP contribution in [0.25, 0.3) is 16.8 Å². The first-order valence-electron chi connectivity index (χ1n) is 8.58. The summed E-state index contributed by atoms with van der Waals surface area (Å²) in [5.41, 5.74) is 3.93. The summed E-state index contributed by atoms with van der Waals surface area (Å²) in [5.74, 6) is 1.85. The number of hydrogen-bond donors (Lipinski definition) is 1. The number of rotatable bonds is 4. The second-order valence-electron chi connectivity index (χ2n) is 6.26. The Labute approximate surface area is 146 Å². The quantitative estimate of drug-likeness (QED) is 0.793. The number of methoxy groups -OCH3 is 2. The number of piperidine rings is 1. The average Bonchev–Trinajstić information content (AvgIpc) is 3.07. The molecule has 1 aliphatic rings. The van der Waals surface area contributed by atoms with Crippen molar-refractivity contribution in [2.75, 3.05) is 27.3 Å². The van der Waals surface area contributed by atoms with Gasteiger partial charge in [0.25, 0.3) is 0 Å². The summed E-state index contributed by atoms with van der Waals surface area (Å²) in [4.78, 5) is 4.59. The van der Waals surface area contributed by atoms with E-state index in [1.807, 2.05) is 35.0 Å². The molecular weight excluding hydrogens is 316 g/mol. The van der Waals surface area contributed by atoms with E-state index >= 15 is 0 Å². The van der Waals surface area contributed by atoms with E-state index in [1.54, 1.807) is 14.2 Å². The lowest BCUT2D eigenvalue weighted by molar-refractivity contribution is 0.393. The fourth-order valence-corrected chi connectivity index (χ4v) is 3.51. The predicted octanol–water partition coefficient (Wildman–Crippen LogP) is 2.88. The van der Waals surface area contributed by atoms with Gasteiger partial charge in [0.05, 0.1) is 25.5 Å². The molecule has 3 aromatic rings. The lowest BCUT2D eigenvalue weighted by Gasteiger charge is -2.23. The summed E-state index contributed by atoms with van der Waals surface area (Å²) in [6.07, 6.45) is 4.21. The Morgan fingerprint density at radius 1 is 1.12 bits per heavy atom. The summed E-state index contributed by atoms with van der Waals surface area (Å²) in [7, 11) is 3.31. The average molecular weight is 338 g/mol. The molecule has 1 saturated heterocycles. The molecule has 1 fully saturated rings. The van der Waals surface area contributed by atoms with Gasteiger partial charge in [-0.25, -0.2) is 9.50 Å². The minimum absolute atomic E-state index is 0.438. The summed E-state index contributed by atoms with van der Waals surface area (Å²) >= 11 is 0. The Morgan fingerprint density at radius 3 is 2.64 bits per heavy atom. The van der Waals surface area contributed by atoms with Crippen LogP contribution in [0, 0.1) is 0 Å². The third-order valence-corrected chi connectivity index (χ3v) is 4.80. The van der Waals surface area contributed by atoms with Gasteiger partial charge in [0.1, 0.15) is 5.75 Å². The highest BCUT2D eigenvalue weighted by Gasteiger charge is 2.23. The van der Waals surface area contributed by atoms with Gasteiger partial charge in [0.15, 0.2) is 5.65 Å². The lowest BCUT2D eigenvalue weighted by Crippen LogP contribution is -2.29. The van der Waals surface area contributed by atoms with E-state index in [2.05, 4.69) is 16.4 Å². The van der Waals surface area contributed by atoms with Crippen LogP contribution in [0.15, 0.2) is 36.5 Å². The number of aromatic nitrogens is 3. The topological polar surface area (TPSA) is 60.7 Å². The van der Waals surface area contributed by atoms with Gasteiger partial charge in [-0.1, -0.05) is 12.1 Å². The van der Waals surface area contributed by atoms with Crippen LogP contribution < -0.4 is 14.8 Å². The molecule has 0 radical (unpaired) electrons. The van der Waals surface area contributed by atoms with Gasteiger partial charge in [-0.2, -0.15) is 0 Å². The number of ether oxygens (including phenoxy) is 2. The SMILES string of the molecule is COc1ccc(-c2c(OC)nn3c(C4CCCNC4)ccnc23)cc1. The van der Waals surface area contributed by atoms with Crippen molar-refractivity contribution >= 4 is 5.65 Å². The van der Waals surface area contributed by atoms with Gasteiger partial charge in [0, 0.05) is 18.7 Å². The second kappa shape index (κ2) is 6.72. The summed E-state index contributed by atoms with van der Waals surface area (Å²) < 4.78 is 12.8. The molecule has 6 heteroatoms. The fourth-order valence-electron chi connectivity index (χ4n) is 3.51. The van der Waals surface area contributed by atoms with Crippen molar-refractivity contribution in [3.8, 4) is 22.8 Å². The molecule has 0 aliphatic carbocycles. The molecule has 1 aromatic carbocycles. The molecule has 0 spiro atoms. The van der Waals surface area contributed by atoms with Crippen molar-refractivity contribution in [3.05, 3.63) is 42.2 Å². The number of nitrogens with zero attached hydrogens (tertiary/aromatic N) is 3. The molecule has 1 aliphatic heterocycles. The number of fused-ring (bicyclic) bond motifs is 1. The zero-order chi connectivity index (χ0) is 17.2. The third kappa shape index (κ3) is 2.82. The molecule has 0 amide bonds. The van der Waals surface area contributed by atoms with Crippen LogP contribution in [0.5, 0.6) is 11.6 Å². The van der Waals surface area contributed by atoms with Crippen LogP contribution in [0.3, 0.4) is 0 Å². The van der Waals surface area contributed by atoms with Crippen molar-refractivity contribution in [2.45, 2.75) is 18.8 Å². The Hall–Kier alpha value is -2.60. The smallest absolute Gasteiger partial charge is 0.243 e. The molecule has 1 N–H and O–H groups in total. The highest BCUT2D eigenvalue weighted by atomic mass is 16.5. The monoisotopic (exact) mass is 338 g/mol. The van der Waals surface area contributed by atoms with Gasteiger partial charge in [0.2, 0.25) is 5.88 Å². The summed E-state index contributed by atoms with van der Waals surface area (Å²) in [5, 5.41) is 8.17. The maximum absolute atomic E-state index is 5.56. The van der Waals surface area contributed by atoms with Crippen LogP contribution in [0.1, 0.15) is 24.5 Å². The number of benzene rings is 1. The first-order valence-corrected chi connectivity index (χ1v) is 8.58. The summed E-state index contributed by atoms with van der Waals surface area (Å²) in [6, 6.07) is 9.96.